The molecule has 0 aliphatic heterocycles. The highest BCUT2D eigenvalue weighted by Gasteiger charge is 2.05. The van der Waals surface area contributed by atoms with E-state index in [9.17, 15) is 0 Å². The Bertz CT molecular complexity index is 302. The highest BCUT2D eigenvalue weighted by molar-refractivity contribution is 7.99. The Labute approximate surface area is 88.6 Å². The van der Waals surface area contributed by atoms with Crippen molar-refractivity contribution in [1.82, 2.24) is 0 Å². The average molecular weight is 213 g/mol. The van der Waals surface area contributed by atoms with Crippen molar-refractivity contribution in [1.29, 1.82) is 0 Å². The van der Waals surface area contributed by atoms with Crippen LogP contribution in [0.5, 0.6) is 11.5 Å². The van der Waals surface area contributed by atoms with E-state index in [0.29, 0.717) is 0 Å². The van der Waals surface area contributed by atoms with Crippen molar-refractivity contribution in [3.63, 3.8) is 0 Å². The first-order valence-corrected chi connectivity index (χ1v) is 5.19. The van der Waals surface area contributed by atoms with Crippen molar-refractivity contribution in [3.8, 4) is 11.5 Å². The molecule has 1 aromatic rings. The molecule has 0 spiro atoms. The molecule has 2 N–H and O–H groups in total. The molecule has 0 aliphatic rings. The third-order valence-electron chi connectivity index (χ3n) is 1.68. The van der Waals surface area contributed by atoms with Crippen LogP contribution in [-0.4, -0.2) is 19.6 Å². The van der Waals surface area contributed by atoms with E-state index < -0.39 is 0 Å². The molecule has 1 rings (SSSR count). The van der Waals surface area contributed by atoms with Gasteiger partial charge < -0.3 is 15.2 Å². The molecule has 0 radical (unpaired) electrons. The number of rotatable bonds is 4. The predicted molar refractivity (Wildman–Crippen MR) is 59.1 cm³/mol. The SMILES string of the molecule is COc1ccc(SC(C)N)cc1OC. The second kappa shape index (κ2) is 5.12. The van der Waals surface area contributed by atoms with E-state index in [1.807, 2.05) is 25.1 Å². The van der Waals surface area contributed by atoms with Gasteiger partial charge in [-0.25, -0.2) is 0 Å². The molecule has 1 unspecified atom stereocenters. The van der Waals surface area contributed by atoms with Gasteiger partial charge in [0.15, 0.2) is 11.5 Å². The number of thioether (sulfide) groups is 1. The first kappa shape index (κ1) is 11.2. The number of benzene rings is 1. The summed E-state index contributed by atoms with van der Waals surface area (Å²) in [6.07, 6.45) is 0. The third-order valence-corrected chi connectivity index (χ3v) is 2.57. The number of ether oxygens (including phenoxy) is 2. The second-order valence-corrected chi connectivity index (χ2v) is 4.29. The van der Waals surface area contributed by atoms with Gasteiger partial charge in [0.05, 0.1) is 19.6 Å². The Balaban J connectivity index is 2.89. The maximum atomic E-state index is 5.68. The van der Waals surface area contributed by atoms with Gasteiger partial charge in [-0.2, -0.15) is 0 Å². The lowest BCUT2D eigenvalue weighted by Gasteiger charge is -2.10. The Morgan fingerprint density at radius 3 is 2.36 bits per heavy atom. The van der Waals surface area contributed by atoms with Crippen LogP contribution in [-0.2, 0) is 0 Å². The first-order chi connectivity index (χ1) is 6.67. The van der Waals surface area contributed by atoms with Crippen LogP contribution < -0.4 is 15.2 Å². The van der Waals surface area contributed by atoms with Crippen LogP contribution in [0.2, 0.25) is 0 Å². The minimum Gasteiger partial charge on any atom is -0.493 e. The topological polar surface area (TPSA) is 44.5 Å². The summed E-state index contributed by atoms with van der Waals surface area (Å²) in [4.78, 5) is 1.08. The van der Waals surface area contributed by atoms with Gasteiger partial charge in [-0.1, -0.05) is 0 Å². The molecular formula is C10H15NO2S. The van der Waals surface area contributed by atoms with E-state index >= 15 is 0 Å². The maximum Gasteiger partial charge on any atom is 0.161 e. The fraction of sp³-hybridized carbons (Fsp3) is 0.400. The highest BCUT2D eigenvalue weighted by Crippen LogP contribution is 2.32. The second-order valence-electron chi connectivity index (χ2n) is 2.84. The van der Waals surface area contributed by atoms with Gasteiger partial charge in [-0.15, -0.1) is 11.8 Å². The molecule has 0 aromatic heterocycles. The van der Waals surface area contributed by atoms with Crippen molar-refractivity contribution in [2.45, 2.75) is 17.2 Å². The van der Waals surface area contributed by atoms with E-state index in [4.69, 9.17) is 15.2 Å². The van der Waals surface area contributed by atoms with Gasteiger partial charge in [0.1, 0.15) is 0 Å². The Morgan fingerprint density at radius 2 is 1.86 bits per heavy atom. The van der Waals surface area contributed by atoms with E-state index in [-0.39, 0.29) is 5.37 Å². The highest BCUT2D eigenvalue weighted by atomic mass is 32.2. The summed E-state index contributed by atoms with van der Waals surface area (Å²) in [6, 6.07) is 5.77. The zero-order valence-corrected chi connectivity index (χ0v) is 9.43. The molecule has 0 fully saturated rings. The van der Waals surface area contributed by atoms with Gasteiger partial charge in [0, 0.05) is 4.90 Å². The monoisotopic (exact) mass is 213 g/mol. The van der Waals surface area contributed by atoms with Crippen LogP contribution in [0, 0.1) is 0 Å². The van der Waals surface area contributed by atoms with Crippen molar-refractivity contribution in [2.24, 2.45) is 5.73 Å². The van der Waals surface area contributed by atoms with Crippen molar-refractivity contribution in [3.05, 3.63) is 18.2 Å². The van der Waals surface area contributed by atoms with Gasteiger partial charge in [-0.3, -0.25) is 0 Å². The fourth-order valence-electron chi connectivity index (χ4n) is 1.10. The van der Waals surface area contributed by atoms with Crippen LogP contribution >= 0.6 is 11.8 Å². The summed E-state index contributed by atoms with van der Waals surface area (Å²) in [5, 5.41) is 0.0769. The minimum absolute atomic E-state index is 0.0769. The first-order valence-electron chi connectivity index (χ1n) is 4.31. The molecule has 1 atom stereocenters. The minimum atomic E-state index is 0.0769. The third kappa shape index (κ3) is 2.82. The lowest BCUT2D eigenvalue weighted by atomic mass is 10.3. The maximum absolute atomic E-state index is 5.68. The summed E-state index contributed by atoms with van der Waals surface area (Å²) >= 11 is 1.59. The average Bonchev–Trinajstić information content (AvgIpc) is 2.16. The lowest BCUT2D eigenvalue weighted by Crippen LogP contribution is -2.08. The van der Waals surface area contributed by atoms with Crippen molar-refractivity contribution < 1.29 is 9.47 Å². The molecule has 0 heterocycles. The Morgan fingerprint density at radius 1 is 1.21 bits per heavy atom. The zero-order valence-electron chi connectivity index (χ0n) is 8.61. The summed E-state index contributed by atoms with van der Waals surface area (Å²) in [6.45, 7) is 1.95. The smallest absolute Gasteiger partial charge is 0.161 e. The molecular weight excluding hydrogens is 198 g/mol. The van der Waals surface area contributed by atoms with Crippen LogP contribution in [0.15, 0.2) is 23.1 Å². The molecule has 0 bridgehead atoms. The summed E-state index contributed by atoms with van der Waals surface area (Å²) in [5.74, 6) is 1.47. The number of hydrogen-bond acceptors (Lipinski definition) is 4. The fourth-order valence-corrected chi connectivity index (χ4v) is 1.86. The summed E-state index contributed by atoms with van der Waals surface area (Å²) < 4.78 is 10.3. The number of hydrogen-bond donors (Lipinski definition) is 1. The normalized spacial score (nSPS) is 12.3. The molecule has 0 saturated heterocycles. The molecule has 0 amide bonds. The standard InChI is InChI=1S/C10H15NO2S/c1-7(11)14-8-4-5-9(12-2)10(6-8)13-3/h4-7H,11H2,1-3H3. The van der Waals surface area contributed by atoms with Crippen LogP contribution in [0.1, 0.15) is 6.92 Å². The molecule has 4 heteroatoms. The number of methoxy groups -OCH3 is 2. The number of nitrogens with two attached hydrogens (primary N) is 1. The quantitative estimate of drug-likeness (QED) is 0.614. The van der Waals surface area contributed by atoms with Crippen molar-refractivity contribution in [2.75, 3.05) is 14.2 Å². The van der Waals surface area contributed by atoms with E-state index in [1.54, 1.807) is 26.0 Å². The zero-order chi connectivity index (χ0) is 10.6. The van der Waals surface area contributed by atoms with Crippen molar-refractivity contribution >= 4 is 11.8 Å². The molecule has 1 aromatic carbocycles. The van der Waals surface area contributed by atoms with Crippen LogP contribution in [0.4, 0.5) is 0 Å². The Hall–Kier alpha value is -0.870. The van der Waals surface area contributed by atoms with Crippen LogP contribution in [0.25, 0.3) is 0 Å². The molecule has 78 valence electrons. The molecule has 14 heavy (non-hydrogen) atoms. The van der Waals surface area contributed by atoms with E-state index in [1.165, 1.54) is 0 Å². The molecule has 3 nitrogen and oxygen atoms in total. The predicted octanol–water partition coefficient (Wildman–Crippen LogP) is 2.10. The van der Waals surface area contributed by atoms with Crippen LogP contribution in [0.3, 0.4) is 0 Å². The Kier molecular flexibility index (Phi) is 4.10. The van der Waals surface area contributed by atoms with E-state index in [0.717, 1.165) is 16.4 Å². The lowest BCUT2D eigenvalue weighted by molar-refractivity contribution is 0.354. The van der Waals surface area contributed by atoms with Gasteiger partial charge >= 0.3 is 0 Å². The summed E-state index contributed by atoms with van der Waals surface area (Å²) in [7, 11) is 3.24. The largest absolute Gasteiger partial charge is 0.493 e. The summed E-state index contributed by atoms with van der Waals surface area (Å²) in [5.41, 5.74) is 5.68. The molecule has 0 saturated carbocycles. The molecule has 0 aliphatic carbocycles. The van der Waals surface area contributed by atoms with Gasteiger partial charge in [-0.05, 0) is 25.1 Å². The van der Waals surface area contributed by atoms with E-state index in [2.05, 4.69) is 0 Å². The van der Waals surface area contributed by atoms with Gasteiger partial charge in [0.2, 0.25) is 0 Å². The van der Waals surface area contributed by atoms with Gasteiger partial charge in [0.25, 0.3) is 0 Å².